The number of hydrogen-bond donors (Lipinski definition) is 0. The summed E-state index contributed by atoms with van der Waals surface area (Å²) in [5.74, 6) is -2.84. The van der Waals surface area contributed by atoms with Crippen molar-refractivity contribution in [1.82, 2.24) is 4.90 Å². The number of nitrogens with zero attached hydrogens (tertiary/aromatic N) is 3. The minimum Gasteiger partial charge on any atom is -0.363 e. The van der Waals surface area contributed by atoms with E-state index in [1.54, 1.807) is 0 Å². The van der Waals surface area contributed by atoms with Crippen LogP contribution in [0.5, 0.6) is 0 Å². The summed E-state index contributed by atoms with van der Waals surface area (Å²) in [6, 6.07) is 3.59. The van der Waals surface area contributed by atoms with Crippen LogP contribution in [0, 0.1) is 16.0 Å². The van der Waals surface area contributed by atoms with Gasteiger partial charge < -0.3 is 4.90 Å². The SMILES string of the molecule is CC1CCC(N2CCN(c3ccc(S(=O)(=O)C(F)F)cc3[N+](=O)[O-])CC2)CC1. The number of piperazine rings is 1. The Morgan fingerprint density at radius 2 is 1.71 bits per heavy atom. The average molecular weight is 417 g/mol. The number of alkyl halides is 2. The van der Waals surface area contributed by atoms with Crippen LogP contribution in [0.15, 0.2) is 23.1 Å². The molecule has 156 valence electrons. The van der Waals surface area contributed by atoms with Crippen molar-refractivity contribution in [2.24, 2.45) is 5.92 Å². The molecule has 1 aliphatic heterocycles. The Bertz CT molecular complexity index is 818. The number of halogens is 2. The molecule has 1 saturated heterocycles. The zero-order valence-electron chi connectivity index (χ0n) is 15.8. The molecule has 0 bridgehead atoms. The molecule has 1 saturated carbocycles. The largest absolute Gasteiger partial charge is 0.363 e. The van der Waals surface area contributed by atoms with Gasteiger partial charge in [0.25, 0.3) is 5.69 Å². The summed E-state index contributed by atoms with van der Waals surface area (Å²) in [4.78, 5) is 14.3. The maximum absolute atomic E-state index is 12.8. The number of nitro benzene ring substituents is 1. The number of anilines is 1. The number of sulfone groups is 1. The van der Waals surface area contributed by atoms with E-state index in [-0.39, 0.29) is 5.69 Å². The fourth-order valence-corrected chi connectivity index (χ4v) is 4.87. The van der Waals surface area contributed by atoms with Crippen molar-refractivity contribution in [1.29, 1.82) is 0 Å². The lowest BCUT2D eigenvalue weighted by atomic mass is 9.86. The van der Waals surface area contributed by atoms with E-state index in [0.717, 1.165) is 31.1 Å². The van der Waals surface area contributed by atoms with Crippen molar-refractivity contribution in [2.75, 3.05) is 31.1 Å². The van der Waals surface area contributed by atoms with Gasteiger partial charge in [0.2, 0.25) is 9.84 Å². The Kier molecular flexibility index (Phi) is 6.18. The zero-order valence-corrected chi connectivity index (χ0v) is 16.6. The Morgan fingerprint density at radius 1 is 1.11 bits per heavy atom. The lowest BCUT2D eigenvalue weighted by Crippen LogP contribution is -2.51. The highest BCUT2D eigenvalue weighted by Gasteiger charge is 2.32. The van der Waals surface area contributed by atoms with Crippen LogP contribution < -0.4 is 4.90 Å². The molecule has 0 N–H and O–H groups in total. The first kappa shape index (κ1) is 20.9. The van der Waals surface area contributed by atoms with E-state index in [1.165, 1.54) is 31.7 Å². The summed E-state index contributed by atoms with van der Waals surface area (Å²) < 4.78 is 48.8. The van der Waals surface area contributed by atoms with E-state index in [1.807, 2.05) is 4.90 Å². The predicted molar refractivity (Wildman–Crippen MR) is 101 cm³/mol. The summed E-state index contributed by atoms with van der Waals surface area (Å²) in [6.07, 6.45) is 4.77. The third-order valence-corrected chi connectivity index (χ3v) is 7.24. The maximum Gasteiger partial charge on any atom is 0.341 e. The van der Waals surface area contributed by atoms with Crippen LogP contribution in [0.3, 0.4) is 0 Å². The van der Waals surface area contributed by atoms with Gasteiger partial charge in [-0.05, 0) is 43.7 Å². The summed E-state index contributed by atoms with van der Waals surface area (Å²) in [6.45, 7) is 4.97. The summed E-state index contributed by atoms with van der Waals surface area (Å²) in [5.41, 5.74) is -0.184. The molecule has 1 aromatic carbocycles. The highest BCUT2D eigenvalue weighted by molar-refractivity contribution is 7.91. The van der Waals surface area contributed by atoms with Crippen LogP contribution in [0.1, 0.15) is 32.6 Å². The van der Waals surface area contributed by atoms with E-state index in [9.17, 15) is 27.3 Å². The Hall–Kier alpha value is -1.81. The summed E-state index contributed by atoms with van der Waals surface area (Å²) in [5, 5.41) is 11.4. The smallest absolute Gasteiger partial charge is 0.341 e. The van der Waals surface area contributed by atoms with E-state index >= 15 is 0 Å². The van der Waals surface area contributed by atoms with Crippen LogP contribution >= 0.6 is 0 Å². The van der Waals surface area contributed by atoms with Crippen LogP contribution in [0.2, 0.25) is 0 Å². The van der Waals surface area contributed by atoms with Gasteiger partial charge in [0.1, 0.15) is 5.69 Å². The number of nitro groups is 1. The van der Waals surface area contributed by atoms with Gasteiger partial charge in [0, 0.05) is 38.3 Å². The Morgan fingerprint density at radius 3 is 2.25 bits per heavy atom. The molecule has 1 aliphatic carbocycles. The summed E-state index contributed by atoms with van der Waals surface area (Å²) >= 11 is 0. The van der Waals surface area contributed by atoms with Crippen molar-refractivity contribution in [3.63, 3.8) is 0 Å². The fraction of sp³-hybridized carbons (Fsp3) is 0.667. The molecule has 2 aliphatic rings. The van der Waals surface area contributed by atoms with E-state index in [0.29, 0.717) is 19.1 Å². The summed E-state index contributed by atoms with van der Waals surface area (Å²) in [7, 11) is -4.87. The maximum atomic E-state index is 12.8. The first-order valence-electron chi connectivity index (χ1n) is 9.49. The first-order valence-corrected chi connectivity index (χ1v) is 11.0. The number of rotatable bonds is 5. The molecule has 0 unspecified atom stereocenters. The molecule has 1 aromatic rings. The molecule has 7 nitrogen and oxygen atoms in total. The average Bonchev–Trinajstić information content (AvgIpc) is 2.68. The van der Waals surface area contributed by atoms with Crippen LogP contribution in [0.4, 0.5) is 20.2 Å². The van der Waals surface area contributed by atoms with Gasteiger partial charge in [-0.15, -0.1) is 0 Å². The normalized spacial score (nSPS) is 24.5. The minimum atomic E-state index is -4.87. The first-order chi connectivity index (χ1) is 13.2. The van der Waals surface area contributed by atoms with Crippen molar-refractivity contribution >= 4 is 21.2 Å². The molecule has 2 fully saturated rings. The molecule has 10 heteroatoms. The van der Waals surface area contributed by atoms with Crippen molar-refractivity contribution in [3.8, 4) is 0 Å². The zero-order chi connectivity index (χ0) is 20.5. The van der Waals surface area contributed by atoms with E-state index in [2.05, 4.69) is 11.8 Å². The Labute approximate surface area is 163 Å². The highest BCUT2D eigenvalue weighted by atomic mass is 32.2. The van der Waals surface area contributed by atoms with E-state index in [4.69, 9.17) is 0 Å². The van der Waals surface area contributed by atoms with Gasteiger partial charge >= 0.3 is 5.76 Å². The monoisotopic (exact) mass is 417 g/mol. The standard InChI is InChI=1S/C18H25F2N3O4S/c1-13-2-4-14(5-3-13)21-8-10-22(11-9-21)16-7-6-15(12-17(16)23(24)25)28(26,27)18(19)20/h6-7,12-14,18H,2-5,8-11H2,1H3. The molecule has 0 aromatic heterocycles. The van der Waals surface area contributed by atoms with Crippen LogP contribution in [-0.2, 0) is 9.84 Å². The molecule has 3 rings (SSSR count). The predicted octanol–water partition coefficient (Wildman–Crippen LogP) is 3.29. The van der Waals surface area contributed by atoms with Gasteiger partial charge in [-0.25, -0.2) is 8.42 Å². The molecule has 0 radical (unpaired) electrons. The number of hydrogen-bond acceptors (Lipinski definition) is 6. The fourth-order valence-electron chi connectivity index (χ4n) is 4.13. The van der Waals surface area contributed by atoms with Crippen molar-refractivity contribution in [2.45, 2.75) is 49.3 Å². The lowest BCUT2D eigenvalue weighted by Gasteiger charge is -2.42. The van der Waals surface area contributed by atoms with Crippen molar-refractivity contribution in [3.05, 3.63) is 28.3 Å². The van der Waals surface area contributed by atoms with Gasteiger partial charge in [0.05, 0.1) is 9.82 Å². The van der Waals surface area contributed by atoms with Gasteiger partial charge in [-0.2, -0.15) is 8.78 Å². The topological polar surface area (TPSA) is 83.8 Å². The van der Waals surface area contributed by atoms with Crippen molar-refractivity contribution < 1.29 is 22.1 Å². The highest BCUT2D eigenvalue weighted by Crippen LogP contribution is 2.34. The lowest BCUT2D eigenvalue weighted by molar-refractivity contribution is -0.384. The molecular formula is C18H25F2N3O4S. The number of benzene rings is 1. The van der Waals surface area contributed by atoms with Gasteiger partial charge in [-0.3, -0.25) is 15.0 Å². The second kappa shape index (κ2) is 8.28. The molecule has 0 spiro atoms. The quantitative estimate of drug-likeness (QED) is 0.540. The molecule has 28 heavy (non-hydrogen) atoms. The molecule has 0 atom stereocenters. The third-order valence-electron chi connectivity index (χ3n) is 5.86. The van der Waals surface area contributed by atoms with Gasteiger partial charge in [-0.1, -0.05) is 6.92 Å². The second-order valence-corrected chi connectivity index (χ2v) is 9.57. The molecular weight excluding hydrogens is 392 g/mol. The second-order valence-electron chi connectivity index (χ2n) is 7.65. The molecule has 1 heterocycles. The van der Waals surface area contributed by atoms with Crippen LogP contribution in [0.25, 0.3) is 0 Å². The van der Waals surface area contributed by atoms with E-state index < -0.39 is 31.1 Å². The Balaban J connectivity index is 1.74. The molecule has 0 amide bonds. The third kappa shape index (κ3) is 4.27. The minimum absolute atomic E-state index is 0.273. The van der Waals surface area contributed by atoms with Crippen LogP contribution in [-0.4, -0.2) is 56.2 Å². The van der Waals surface area contributed by atoms with Gasteiger partial charge in [0.15, 0.2) is 0 Å².